The highest BCUT2D eigenvalue weighted by Crippen LogP contribution is 2.31. The molecule has 3 atom stereocenters. The second-order valence-corrected chi connectivity index (χ2v) is 7.14. The summed E-state index contributed by atoms with van der Waals surface area (Å²) in [6.45, 7) is 3.92. The van der Waals surface area contributed by atoms with Crippen LogP contribution in [0.15, 0.2) is 35.5 Å². The second kappa shape index (κ2) is 7.81. The van der Waals surface area contributed by atoms with Crippen molar-refractivity contribution < 1.29 is 19.1 Å². The molecule has 6 nitrogen and oxygen atoms in total. The summed E-state index contributed by atoms with van der Waals surface area (Å²) in [5.41, 5.74) is 1.79. The first kappa shape index (κ1) is 18.3. The Morgan fingerprint density at radius 1 is 1.19 bits per heavy atom. The van der Waals surface area contributed by atoms with E-state index in [0.717, 1.165) is 30.6 Å². The zero-order chi connectivity index (χ0) is 18.7. The van der Waals surface area contributed by atoms with Gasteiger partial charge in [0.15, 0.2) is 0 Å². The van der Waals surface area contributed by atoms with Crippen LogP contribution in [0.25, 0.3) is 0 Å². The number of methoxy groups -OCH3 is 1. The van der Waals surface area contributed by atoms with Crippen LogP contribution in [0.3, 0.4) is 0 Å². The van der Waals surface area contributed by atoms with Crippen molar-refractivity contribution in [1.82, 2.24) is 10.6 Å². The van der Waals surface area contributed by atoms with Gasteiger partial charge in [-0.1, -0.05) is 25.5 Å². The molecule has 0 bridgehead atoms. The van der Waals surface area contributed by atoms with Crippen molar-refractivity contribution in [3.05, 3.63) is 41.1 Å². The number of esters is 1. The topological polar surface area (TPSA) is 76.7 Å². The van der Waals surface area contributed by atoms with Crippen molar-refractivity contribution in [2.75, 3.05) is 7.11 Å². The van der Waals surface area contributed by atoms with Crippen LogP contribution < -0.4 is 15.4 Å². The molecule has 0 unspecified atom stereocenters. The van der Waals surface area contributed by atoms with Crippen LogP contribution in [0.5, 0.6) is 5.75 Å². The molecule has 3 rings (SSSR count). The number of nitrogens with one attached hydrogen (secondary N) is 2. The van der Waals surface area contributed by atoms with Crippen LogP contribution >= 0.6 is 0 Å². The Bertz CT molecular complexity index is 711. The summed E-state index contributed by atoms with van der Waals surface area (Å²) in [5, 5.41) is 5.51. The minimum atomic E-state index is -0.539. The summed E-state index contributed by atoms with van der Waals surface area (Å²) in [5.74, 6) is 0.920. The predicted molar refractivity (Wildman–Crippen MR) is 97.6 cm³/mol. The molecule has 2 amide bonds. The number of hydrogen-bond acceptors (Lipinski definition) is 4. The highest BCUT2D eigenvalue weighted by molar-refractivity contribution is 5.95. The largest absolute Gasteiger partial charge is 0.497 e. The lowest BCUT2D eigenvalue weighted by atomic mass is 9.88. The summed E-state index contributed by atoms with van der Waals surface area (Å²) in [6.07, 6.45) is 4.00. The van der Waals surface area contributed by atoms with E-state index in [-0.39, 0.29) is 18.1 Å². The lowest BCUT2D eigenvalue weighted by molar-refractivity contribution is -0.146. The van der Waals surface area contributed by atoms with E-state index in [1.54, 1.807) is 14.0 Å². The Kier molecular flexibility index (Phi) is 5.49. The number of ether oxygens (including phenoxy) is 2. The van der Waals surface area contributed by atoms with Crippen molar-refractivity contribution in [3.63, 3.8) is 0 Å². The lowest BCUT2D eigenvalue weighted by Crippen LogP contribution is -2.45. The van der Waals surface area contributed by atoms with Gasteiger partial charge in [0, 0.05) is 5.70 Å². The Labute approximate surface area is 153 Å². The molecule has 6 heteroatoms. The molecule has 26 heavy (non-hydrogen) atoms. The molecule has 140 valence electrons. The summed E-state index contributed by atoms with van der Waals surface area (Å²) >= 11 is 0. The quantitative estimate of drug-likeness (QED) is 0.808. The van der Waals surface area contributed by atoms with Gasteiger partial charge in [-0.2, -0.15) is 0 Å². The molecule has 1 fully saturated rings. The summed E-state index contributed by atoms with van der Waals surface area (Å²) in [4.78, 5) is 24.8. The number of amides is 2. The first-order chi connectivity index (χ1) is 12.5. The number of urea groups is 1. The first-order valence-electron chi connectivity index (χ1n) is 9.11. The van der Waals surface area contributed by atoms with E-state index in [1.807, 2.05) is 24.3 Å². The van der Waals surface area contributed by atoms with Crippen molar-refractivity contribution in [2.24, 2.45) is 5.92 Å². The van der Waals surface area contributed by atoms with Gasteiger partial charge >= 0.3 is 12.0 Å². The molecule has 0 aromatic heterocycles. The summed E-state index contributed by atoms with van der Waals surface area (Å²) < 4.78 is 11.0. The third kappa shape index (κ3) is 4.00. The molecule has 0 spiro atoms. The van der Waals surface area contributed by atoms with Gasteiger partial charge in [-0.25, -0.2) is 9.59 Å². The molecule has 2 aliphatic rings. The van der Waals surface area contributed by atoms with E-state index >= 15 is 0 Å². The van der Waals surface area contributed by atoms with E-state index in [1.165, 1.54) is 6.42 Å². The van der Waals surface area contributed by atoms with Gasteiger partial charge in [0.05, 0.1) is 18.7 Å². The second-order valence-electron chi connectivity index (χ2n) is 7.14. The van der Waals surface area contributed by atoms with Gasteiger partial charge in [-0.05, 0) is 49.8 Å². The third-order valence-electron chi connectivity index (χ3n) is 5.10. The maximum absolute atomic E-state index is 12.9. The van der Waals surface area contributed by atoms with E-state index in [4.69, 9.17) is 9.47 Å². The van der Waals surface area contributed by atoms with Crippen LogP contribution in [0.4, 0.5) is 4.79 Å². The van der Waals surface area contributed by atoms with Crippen LogP contribution in [0.2, 0.25) is 0 Å². The number of hydrogen-bond donors (Lipinski definition) is 2. The fraction of sp³-hybridized carbons (Fsp3) is 0.500. The maximum Gasteiger partial charge on any atom is 0.338 e. The lowest BCUT2D eigenvalue weighted by Gasteiger charge is -2.31. The highest BCUT2D eigenvalue weighted by Gasteiger charge is 2.34. The zero-order valence-corrected chi connectivity index (χ0v) is 15.5. The standard InChI is InChI=1S/C20H26N2O4/c1-12-5-4-6-16(11-12)26-19(23)17-13(2)21-20(24)22-18(17)14-7-9-15(25-3)10-8-14/h7-10,12,16,18H,4-6,11H2,1-3H3,(H2,21,22,24)/t12-,16+,18-/m1/s1. The van der Waals surface area contributed by atoms with Crippen molar-refractivity contribution in [1.29, 1.82) is 0 Å². The Morgan fingerprint density at radius 2 is 1.92 bits per heavy atom. The smallest absolute Gasteiger partial charge is 0.338 e. The Morgan fingerprint density at radius 3 is 2.58 bits per heavy atom. The fourth-order valence-corrected chi connectivity index (χ4v) is 3.71. The SMILES string of the molecule is COc1ccc([C@H]2NC(=O)NC(C)=C2C(=O)O[C@H]2CCC[C@@H](C)C2)cc1. The Hall–Kier alpha value is -2.50. The van der Waals surface area contributed by atoms with Crippen molar-refractivity contribution in [3.8, 4) is 5.75 Å². The number of carbonyl (C=O) groups is 2. The normalized spacial score (nSPS) is 26.0. The Balaban J connectivity index is 1.83. The molecule has 2 N–H and O–H groups in total. The molecular weight excluding hydrogens is 332 g/mol. The average Bonchev–Trinajstić information content (AvgIpc) is 2.61. The molecule has 1 aromatic rings. The molecule has 1 aliphatic heterocycles. The monoisotopic (exact) mass is 358 g/mol. The molecule has 1 heterocycles. The number of carbonyl (C=O) groups excluding carboxylic acids is 2. The number of benzene rings is 1. The van der Waals surface area contributed by atoms with Crippen LogP contribution in [0.1, 0.15) is 51.1 Å². The molecule has 1 aromatic carbocycles. The maximum atomic E-state index is 12.9. The number of rotatable bonds is 4. The molecule has 0 radical (unpaired) electrons. The van der Waals surface area contributed by atoms with E-state index in [2.05, 4.69) is 17.6 Å². The predicted octanol–water partition coefficient (Wildman–Crippen LogP) is 3.45. The van der Waals surface area contributed by atoms with E-state index in [0.29, 0.717) is 17.2 Å². The zero-order valence-electron chi connectivity index (χ0n) is 15.5. The minimum Gasteiger partial charge on any atom is -0.497 e. The molecule has 1 saturated carbocycles. The van der Waals surface area contributed by atoms with Crippen LogP contribution in [0, 0.1) is 5.92 Å². The van der Waals surface area contributed by atoms with Gasteiger partial charge in [0.2, 0.25) is 0 Å². The van der Waals surface area contributed by atoms with E-state index in [9.17, 15) is 9.59 Å². The minimum absolute atomic E-state index is 0.0549. The van der Waals surface area contributed by atoms with E-state index < -0.39 is 6.04 Å². The first-order valence-corrected chi connectivity index (χ1v) is 9.11. The van der Waals surface area contributed by atoms with Gasteiger partial charge < -0.3 is 20.1 Å². The molecule has 0 saturated heterocycles. The van der Waals surface area contributed by atoms with Crippen LogP contribution in [-0.4, -0.2) is 25.2 Å². The molecule has 1 aliphatic carbocycles. The van der Waals surface area contributed by atoms with Gasteiger partial charge in [-0.3, -0.25) is 0 Å². The fourth-order valence-electron chi connectivity index (χ4n) is 3.71. The van der Waals surface area contributed by atoms with Crippen molar-refractivity contribution >= 4 is 12.0 Å². The summed E-state index contributed by atoms with van der Waals surface area (Å²) in [7, 11) is 1.60. The van der Waals surface area contributed by atoms with Crippen molar-refractivity contribution in [2.45, 2.75) is 51.7 Å². The van der Waals surface area contributed by atoms with Crippen LogP contribution in [-0.2, 0) is 9.53 Å². The average molecular weight is 358 g/mol. The molecular formula is C20H26N2O4. The highest BCUT2D eigenvalue weighted by atomic mass is 16.5. The summed E-state index contributed by atoms with van der Waals surface area (Å²) in [6, 6.07) is 6.45. The van der Waals surface area contributed by atoms with Gasteiger partial charge in [0.25, 0.3) is 0 Å². The number of allylic oxidation sites excluding steroid dienone is 1. The third-order valence-corrected chi connectivity index (χ3v) is 5.10. The van der Waals surface area contributed by atoms with Gasteiger partial charge in [-0.15, -0.1) is 0 Å². The van der Waals surface area contributed by atoms with Gasteiger partial charge in [0.1, 0.15) is 11.9 Å².